The highest BCUT2D eigenvalue weighted by atomic mass is 35.5. The molecule has 0 saturated heterocycles. The van der Waals surface area contributed by atoms with Gasteiger partial charge in [-0.15, -0.1) is 11.6 Å². The van der Waals surface area contributed by atoms with Crippen LogP contribution in [0.25, 0.3) is 0 Å². The molecule has 1 N–H and O–H groups in total. The average molecular weight is 344 g/mol. The van der Waals surface area contributed by atoms with Gasteiger partial charge in [-0.25, -0.2) is 4.79 Å². The van der Waals surface area contributed by atoms with Crippen LogP contribution in [0.4, 0.5) is 0 Å². The molecule has 0 aliphatic rings. The maximum Gasteiger partial charge on any atom is 0.338 e. The summed E-state index contributed by atoms with van der Waals surface area (Å²) in [4.78, 5) is 24.7. The number of hydrogen-bond acceptors (Lipinski definition) is 5. The van der Waals surface area contributed by atoms with Gasteiger partial charge in [-0.1, -0.05) is 12.1 Å². The molecule has 2 aromatic carbocycles. The summed E-state index contributed by atoms with van der Waals surface area (Å²) in [5.41, 5.74) is 0.685. The fourth-order valence-electron chi connectivity index (χ4n) is 2.26. The van der Waals surface area contributed by atoms with Crippen molar-refractivity contribution in [2.75, 3.05) is 6.61 Å². The predicted octanol–water partition coefficient (Wildman–Crippen LogP) is 3.41. The number of nitriles is 1. The normalized spacial score (nSPS) is 10.0. The molecule has 0 atom stereocenters. The van der Waals surface area contributed by atoms with Gasteiger partial charge >= 0.3 is 5.97 Å². The number of phenolic OH excluding ortho intramolecular Hbond substituents is 1. The van der Waals surface area contributed by atoms with Crippen LogP contribution in [0.3, 0.4) is 0 Å². The van der Waals surface area contributed by atoms with Gasteiger partial charge in [0.15, 0.2) is 5.78 Å². The minimum Gasteiger partial charge on any atom is -0.507 e. The van der Waals surface area contributed by atoms with E-state index in [4.69, 9.17) is 16.3 Å². The fraction of sp³-hybridized carbons (Fsp3) is 0.167. The molecule has 0 aromatic heterocycles. The first-order valence-electron chi connectivity index (χ1n) is 7.16. The van der Waals surface area contributed by atoms with Gasteiger partial charge in [0.2, 0.25) is 0 Å². The van der Waals surface area contributed by atoms with E-state index in [0.29, 0.717) is 5.56 Å². The van der Waals surface area contributed by atoms with Crippen molar-refractivity contribution in [1.29, 1.82) is 5.26 Å². The number of esters is 1. The molecule has 0 saturated carbocycles. The molecule has 6 heteroatoms. The maximum absolute atomic E-state index is 12.6. The third-order valence-corrected chi connectivity index (χ3v) is 3.68. The van der Waals surface area contributed by atoms with E-state index in [2.05, 4.69) is 0 Å². The first-order valence-corrected chi connectivity index (χ1v) is 7.69. The summed E-state index contributed by atoms with van der Waals surface area (Å²) in [7, 11) is 0. The van der Waals surface area contributed by atoms with Gasteiger partial charge in [-0.05, 0) is 36.8 Å². The van der Waals surface area contributed by atoms with E-state index in [0.717, 1.165) is 0 Å². The van der Waals surface area contributed by atoms with Crippen LogP contribution in [0.1, 0.15) is 44.3 Å². The van der Waals surface area contributed by atoms with Gasteiger partial charge in [0.25, 0.3) is 0 Å². The van der Waals surface area contributed by atoms with E-state index >= 15 is 0 Å². The van der Waals surface area contributed by atoms with Crippen LogP contribution < -0.4 is 0 Å². The van der Waals surface area contributed by atoms with Crippen molar-refractivity contribution in [1.82, 2.24) is 0 Å². The lowest BCUT2D eigenvalue weighted by molar-refractivity contribution is 0.0525. The SMILES string of the molecule is CCOC(=O)c1cc(C(=O)c2ccccc2O)cc(C#N)c1CCl. The second-order valence-corrected chi connectivity index (χ2v) is 5.13. The molecule has 2 aromatic rings. The van der Waals surface area contributed by atoms with Crippen LogP contribution in [0.15, 0.2) is 36.4 Å². The molecule has 122 valence electrons. The molecular weight excluding hydrogens is 330 g/mol. The summed E-state index contributed by atoms with van der Waals surface area (Å²) in [6.45, 7) is 1.81. The Kier molecular flexibility index (Phi) is 5.56. The highest BCUT2D eigenvalue weighted by Gasteiger charge is 2.21. The minimum atomic E-state index is -0.656. The smallest absolute Gasteiger partial charge is 0.338 e. The van der Waals surface area contributed by atoms with Gasteiger partial charge < -0.3 is 9.84 Å². The Bertz CT molecular complexity index is 839. The number of halogens is 1. The number of para-hydroxylation sites is 1. The van der Waals surface area contributed by atoms with Gasteiger partial charge in [0.05, 0.1) is 29.4 Å². The topological polar surface area (TPSA) is 87.4 Å². The molecule has 0 aliphatic heterocycles. The van der Waals surface area contributed by atoms with Crippen molar-refractivity contribution in [3.8, 4) is 11.8 Å². The quantitative estimate of drug-likeness (QED) is 0.510. The lowest BCUT2D eigenvalue weighted by Gasteiger charge is -2.11. The number of aromatic hydroxyl groups is 1. The summed E-state index contributed by atoms with van der Waals surface area (Å²) in [6.07, 6.45) is 0. The lowest BCUT2D eigenvalue weighted by atomic mass is 9.94. The minimum absolute atomic E-state index is 0.0674. The van der Waals surface area contributed by atoms with Gasteiger partial charge in [-0.2, -0.15) is 5.26 Å². The highest BCUT2D eigenvalue weighted by molar-refractivity contribution is 6.18. The van der Waals surface area contributed by atoms with Crippen LogP contribution in [0, 0.1) is 11.3 Å². The largest absolute Gasteiger partial charge is 0.507 e. The molecule has 0 amide bonds. The first-order chi connectivity index (χ1) is 11.5. The Morgan fingerprint density at radius 3 is 2.54 bits per heavy atom. The van der Waals surface area contributed by atoms with Crippen molar-refractivity contribution >= 4 is 23.4 Å². The fourth-order valence-corrected chi connectivity index (χ4v) is 2.55. The van der Waals surface area contributed by atoms with Gasteiger partial charge in [-0.3, -0.25) is 4.79 Å². The van der Waals surface area contributed by atoms with Crippen LogP contribution >= 0.6 is 11.6 Å². The summed E-state index contributed by atoms with van der Waals surface area (Å²) < 4.78 is 4.97. The first kappa shape index (κ1) is 17.5. The van der Waals surface area contributed by atoms with E-state index in [9.17, 15) is 20.0 Å². The summed E-state index contributed by atoms with van der Waals surface area (Å²) in [5, 5.41) is 19.1. The standard InChI is InChI=1S/C18H14ClNO4/c1-2-24-18(23)14-8-11(7-12(10-20)15(14)9-19)17(22)13-5-3-4-6-16(13)21/h3-8,21H,2,9H2,1H3. The van der Waals surface area contributed by atoms with Crippen LogP contribution in [-0.4, -0.2) is 23.5 Å². The summed E-state index contributed by atoms with van der Waals surface area (Å²) >= 11 is 5.85. The molecule has 0 radical (unpaired) electrons. The number of phenols is 1. The van der Waals surface area contributed by atoms with Gasteiger partial charge in [0.1, 0.15) is 5.75 Å². The lowest BCUT2D eigenvalue weighted by Crippen LogP contribution is -2.12. The third-order valence-electron chi connectivity index (χ3n) is 3.41. The van der Waals surface area contributed by atoms with Crippen molar-refractivity contribution in [2.45, 2.75) is 12.8 Å². The van der Waals surface area contributed by atoms with Crippen molar-refractivity contribution < 1.29 is 19.4 Å². The number of carbonyl (C=O) groups is 2. The average Bonchev–Trinajstić information content (AvgIpc) is 2.60. The maximum atomic E-state index is 12.6. The predicted molar refractivity (Wildman–Crippen MR) is 88.2 cm³/mol. The molecule has 0 unspecified atom stereocenters. The Balaban J connectivity index is 2.62. The zero-order valence-electron chi connectivity index (χ0n) is 12.9. The van der Waals surface area contributed by atoms with Crippen LogP contribution in [0.5, 0.6) is 5.75 Å². The highest BCUT2D eigenvalue weighted by Crippen LogP contribution is 2.25. The Morgan fingerprint density at radius 2 is 1.96 bits per heavy atom. The summed E-state index contributed by atoms with van der Waals surface area (Å²) in [6, 6.07) is 10.7. The van der Waals surface area contributed by atoms with E-state index in [-0.39, 0.29) is 40.5 Å². The van der Waals surface area contributed by atoms with Crippen molar-refractivity contribution in [3.05, 3.63) is 64.2 Å². The number of hydrogen-bond donors (Lipinski definition) is 1. The molecule has 0 aliphatic carbocycles. The van der Waals surface area contributed by atoms with Crippen molar-refractivity contribution in [3.63, 3.8) is 0 Å². The number of rotatable bonds is 5. The van der Waals surface area contributed by atoms with E-state index in [1.54, 1.807) is 19.1 Å². The van der Waals surface area contributed by atoms with E-state index < -0.39 is 11.8 Å². The van der Waals surface area contributed by atoms with Crippen molar-refractivity contribution in [2.24, 2.45) is 0 Å². The molecule has 0 heterocycles. The number of ether oxygens (including phenoxy) is 1. The Labute approximate surface area is 144 Å². The zero-order valence-corrected chi connectivity index (χ0v) is 13.6. The molecule has 24 heavy (non-hydrogen) atoms. The third kappa shape index (κ3) is 3.39. The molecule has 0 spiro atoms. The Morgan fingerprint density at radius 1 is 1.25 bits per heavy atom. The molecule has 0 fully saturated rings. The number of carbonyl (C=O) groups excluding carboxylic acids is 2. The Hall–Kier alpha value is -2.84. The molecule has 5 nitrogen and oxygen atoms in total. The van der Waals surface area contributed by atoms with E-state index in [1.807, 2.05) is 6.07 Å². The summed E-state index contributed by atoms with van der Waals surface area (Å²) in [5.74, 6) is -1.41. The second kappa shape index (κ2) is 7.62. The van der Waals surface area contributed by atoms with Crippen LogP contribution in [-0.2, 0) is 10.6 Å². The van der Waals surface area contributed by atoms with Gasteiger partial charge in [0, 0.05) is 11.4 Å². The molecular formula is C18H14ClNO4. The van der Waals surface area contributed by atoms with E-state index in [1.165, 1.54) is 24.3 Å². The number of nitrogens with zero attached hydrogens (tertiary/aromatic N) is 1. The molecule has 0 bridgehead atoms. The van der Waals surface area contributed by atoms with Crippen LogP contribution in [0.2, 0.25) is 0 Å². The number of alkyl halides is 1. The monoisotopic (exact) mass is 343 g/mol. The molecule has 2 rings (SSSR count). The number of ketones is 1. The number of benzene rings is 2. The second-order valence-electron chi connectivity index (χ2n) is 4.86. The zero-order chi connectivity index (χ0) is 17.7.